The molecule has 2 aromatic rings. The highest BCUT2D eigenvalue weighted by atomic mass is 35.5. The average Bonchev–Trinajstić information content (AvgIpc) is 2.46. The minimum atomic E-state index is -0.263. The molecule has 1 aromatic heterocycles. The first-order chi connectivity index (χ1) is 9.09. The van der Waals surface area contributed by atoms with Crippen LogP contribution in [0.15, 0.2) is 30.5 Å². The molecule has 1 unspecified atom stereocenters. The number of nitrogens with one attached hydrogen (secondary N) is 1. The van der Waals surface area contributed by atoms with Gasteiger partial charge < -0.3 is 10.4 Å². The van der Waals surface area contributed by atoms with Crippen molar-refractivity contribution in [3.05, 3.63) is 41.0 Å². The normalized spacial score (nSPS) is 14.5. The van der Waals surface area contributed by atoms with E-state index in [9.17, 15) is 5.11 Å². The minimum absolute atomic E-state index is 0.114. The quantitative estimate of drug-likeness (QED) is 0.883. The van der Waals surface area contributed by atoms with Crippen LogP contribution in [0.25, 0.3) is 10.9 Å². The van der Waals surface area contributed by atoms with Crippen LogP contribution in [0.5, 0.6) is 0 Å². The minimum Gasteiger partial charge on any atom is -0.394 e. The molecule has 3 nitrogen and oxygen atoms in total. The smallest absolute Gasteiger partial charge is 0.0761 e. The fourth-order valence-corrected chi connectivity index (χ4v) is 2.16. The Balaban J connectivity index is 2.29. The summed E-state index contributed by atoms with van der Waals surface area (Å²) in [6.45, 7) is 4.85. The van der Waals surface area contributed by atoms with Gasteiger partial charge in [-0.2, -0.15) is 0 Å². The first-order valence-corrected chi connectivity index (χ1v) is 6.85. The number of aliphatic hydroxyl groups is 1. The van der Waals surface area contributed by atoms with Crippen LogP contribution in [0, 0.1) is 0 Å². The fourth-order valence-electron chi connectivity index (χ4n) is 1.94. The molecule has 2 N–H and O–H groups in total. The highest BCUT2D eigenvalue weighted by molar-refractivity contribution is 6.35. The number of aromatic nitrogens is 1. The second kappa shape index (κ2) is 5.87. The summed E-state index contributed by atoms with van der Waals surface area (Å²) in [5, 5.41) is 14.5. The van der Waals surface area contributed by atoms with Crippen LogP contribution in [-0.2, 0) is 6.54 Å². The van der Waals surface area contributed by atoms with E-state index in [0.717, 1.165) is 22.9 Å². The summed E-state index contributed by atoms with van der Waals surface area (Å²) in [7, 11) is 0. The number of aliphatic hydroxyl groups excluding tert-OH is 1. The van der Waals surface area contributed by atoms with Crippen molar-refractivity contribution in [2.75, 3.05) is 6.61 Å². The second-order valence-corrected chi connectivity index (χ2v) is 5.44. The Labute approximate surface area is 118 Å². The maximum absolute atomic E-state index is 9.42. The van der Waals surface area contributed by atoms with Gasteiger partial charge >= 0.3 is 0 Å². The highest BCUT2D eigenvalue weighted by Crippen LogP contribution is 2.25. The van der Waals surface area contributed by atoms with E-state index in [1.54, 1.807) is 6.20 Å². The average molecular weight is 279 g/mol. The molecule has 0 radical (unpaired) electrons. The lowest BCUT2D eigenvalue weighted by Crippen LogP contribution is -2.44. The molecule has 0 saturated heterocycles. The molecule has 0 spiro atoms. The predicted octanol–water partition coefficient (Wildman–Crippen LogP) is 3.14. The summed E-state index contributed by atoms with van der Waals surface area (Å²) >= 11 is 6.17. The molecular weight excluding hydrogens is 260 g/mol. The fraction of sp³-hybridized carbons (Fsp3) is 0.400. The number of hydrogen-bond donors (Lipinski definition) is 2. The van der Waals surface area contributed by atoms with Crippen LogP contribution in [0.4, 0.5) is 0 Å². The van der Waals surface area contributed by atoms with Crippen molar-refractivity contribution in [2.45, 2.75) is 32.4 Å². The first kappa shape index (κ1) is 14.3. The third-order valence-electron chi connectivity index (χ3n) is 3.63. The van der Waals surface area contributed by atoms with Crippen LogP contribution in [0.2, 0.25) is 5.02 Å². The van der Waals surface area contributed by atoms with Crippen LogP contribution in [0.3, 0.4) is 0 Å². The lowest BCUT2D eigenvalue weighted by molar-refractivity contribution is 0.169. The zero-order valence-corrected chi connectivity index (χ0v) is 12.0. The van der Waals surface area contributed by atoms with Gasteiger partial charge in [0.15, 0.2) is 0 Å². The Hall–Kier alpha value is -1.16. The lowest BCUT2D eigenvalue weighted by Gasteiger charge is -2.27. The molecular formula is C15H19ClN2O. The van der Waals surface area contributed by atoms with E-state index in [1.807, 2.05) is 31.2 Å². The Bertz CT molecular complexity index is 567. The molecule has 1 atom stereocenters. The highest BCUT2D eigenvalue weighted by Gasteiger charge is 2.20. The van der Waals surface area contributed by atoms with Gasteiger partial charge in [-0.05, 0) is 37.1 Å². The van der Waals surface area contributed by atoms with Crippen molar-refractivity contribution in [1.82, 2.24) is 10.3 Å². The molecule has 0 amide bonds. The van der Waals surface area contributed by atoms with Gasteiger partial charge in [0.2, 0.25) is 0 Å². The summed E-state index contributed by atoms with van der Waals surface area (Å²) in [6.07, 6.45) is 2.63. The second-order valence-electron chi connectivity index (χ2n) is 5.03. The van der Waals surface area contributed by atoms with E-state index in [2.05, 4.69) is 17.2 Å². The third kappa shape index (κ3) is 3.06. The standard InChI is InChI=1S/C15H19ClN2O/c1-3-15(2,10-19)18-9-11-6-7-13(16)12-5-4-8-17-14(11)12/h4-8,18-19H,3,9-10H2,1-2H3. The molecule has 0 aliphatic carbocycles. The molecule has 1 aromatic carbocycles. The number of benzene rings is 1. The van der Waals surface area contributed by atoms with Gasteiger partial charge in [-0.1, -0.05) is 24.6 Å². The van der Waals surface area contributed by atoms with Crippen molar-refractivity contribution >= 4 is 22.5 Å². The Morgan fingerprint density at radius 3 is 2.84 bits per heavy atom. The largest absolute Gasteiger partial charge is 0.394 e. The zero-order chi connectivity index (χ0) is 13.9. The van der Waals surface area contributed by atoms with Crippen LogP contribution >= 0.6 is 11.6 Å². The number of rotatable bonds is 5. The number of fused-ring (bicyclic) bond motifs is 1. The maximum Gasteiger partial charge on any atom is 0.0761 e. The van der Waals surface area contributed by atoms with Gasteiger partial charge in [-0.3, -0.25) is 4.98 Å². The Morgan fingerprint density at radius 1 is 1.37 bits per heavy atom. The van der Waals surface area contributed by atoms with Crippen molar-refractivity contribution in [3.63, 3.8) is 0 Å². The predicted molar refractivity (Wildman–Crippen MR) is 79.4 cm³/mol. The van der Waals surface area contributed by atoms with Gasteiger partial charge in [0, 0.05) is 28.7 Å². The van der Waals surface area contributed by atoms with E-state index in [0.29, 0.717) is 11.6 Å². The molecule has 0 saturated carbocycles. The molecule has 0 aliphatic heterocycles. The monoisotopic (exact) mass is 278 g/mol. The molecule has 4 heteroatoms. The van der Waals surface area contributed by atoms with Crippen LogP contribution in [-0.4, -0.2) is 22.2 Å². The van der Waals surface area contributed by atoms with E-state index in [1.165, 1.54) is 0 Å². The number of hydrogen-bond acceptors (Lipinski definition) is 3. The van der Waals surface area contributed by atoms with Crippen LogP contribution in [0.1, 0.15) is 25.8 Å². The van der Waals surface area contributed by atoms with E-state index in [4.69, 9.17) is 11.6 Å². The number of halogens is 1. The Morgan fingerprint density at radius 2 is 2.16 bits per heavy atom. The number of pyridine rings is 1. The maximum atomic E-state index is 9.42. The SMILES string of the molecule is CCC(C)(CO)NCc1ccc(Cl)c2cccnc12. The third-order valence-corrected chi connectivity index (χ3v) is 3.96. The van der Waals surface area contributed by atoms with Crippen molar-refractivity contribution < 1.29 is 5.11 Å². The topological polar surface area (TPSA) is 45.1 Å². The van der Waals surface area contributed by atoms with Gasteiger partial charge in [0.1, 0.15) is 0 Å². The van der Waals surface area contributed by atoms with Crippen molar-refractivity contribution in [3.8, 4) is 0 Å². The summed E-state index contributed by atoms with van der Waals surface area (Å²) in [5.41, 5.74) is 1.74. The zero-order valence-electron chi connectivity index (χ0n) is 11.3. The molecule has 0 bridgehead atoms. The van der Waals surface area contributed by atoms with Crippen LogP contribution < -0.4 is 5.32 Å². The van der Waals surface area contributed by atoms with E-state index < -0.39 is 0 Å². The van der Waals surface area contributed by atoms with Gasteiger partial charge in [0.25, 0.3) is 0 Å². The Kier molecular flexibility index (Phi) is 4.40. The van der Waals surface area contributed by atoms with Gasteiger partial charge in [-0.25, -0.2) is 0 Å². The van der Waals surface area contributed by atoms with Gasteiger partial charge in [-0.15, -0.1) is 0 Å². The molecule has 0 fully saturated rings. The molecule has 102 valence electrons. The van der Waals surface area contributed by atoms with E-state index in [-0.39, 0.29) is 12.1 Å². The molecule has 2 rings (SSSR count). The molecule has 1 heterocycles. The number of nitrogens with zero attached hydrogens (tertiary/aromatic N) is 1. The summed E-state index contributed by atoms with van der Waals surface area (Å²) in [5.74, 6) is 0. The summed E-state index contributed by atoms with van der Waals surface area (Å²) < 4.78 is 0. The molecule has 19 heavy (non-hydrogen) atoms. The van der Waals surface area contributed by atoms with E-state index >= 15 is 0 Å². The lowest BCUT2D eigenvalue weighted by atomic mass is 9.99. The summed E-state index contributed by atoms with van der Waals surface area (Å²) in [6, 6.07) is 7.73. The molecule has 0 aliphatic rings. The summed E-state index contributed by atoms with van der Waals surface area (Å²) in [4.78, 5) is 4.41. The van der Waals surface area contributed by atoms with Crippen molar-refractivity contribution in [2.24, 2.45) is 0 Å². The first-order valence-electron chi connectivity index (χ1n) is 6.47. The van der Waals surface area contributed by atoms with Gasteiger partial charge in [0.05, 0.1) is 12.1 Å². The van der Waals surface area contributed by atoms with Crippen molar-refractivity contribution in [1.29, 1.82) is 0 Å².